The van der Waals surface area contributed by atoms with Crippen molar-refractivity contribution in [1.82, 2.24) is 0 Å². The van der Waals surface area contributed by atoms with Crippen LogP contribution in [0.5, 0.6) is 0 Å². The molecule has 0 saturated carbocycles. The Bertz CT molecular complexity index is 1190. The van der Waals surface area contributed by atoms with Gasteiger partial charge in [-0.1, -0.05) is 142 Å². The van der Waals surface area contributed by atoms with Crippen LogP contribution in [-0.4, -0.2) is 84.3 Å². The number of esters is 4. The molecule has 0 aromatic carbocycles. The van der Waals surface area contributed by atoms with Crippen LogP contribution in [0, 0.1) is 0 Å². The van der Waals surface area contributed by atoms with E-state index in [2.05, 4.69) is 13.8 Å². The third-order valence-electron chi connectivity index (χ3n) is 9.50. The first-order chi connectivity index (χ1) is 28.3. The summed E-state index contributed by atoms with van der Waals surface area (Å²) in [7, 11) is -4.92. The van der Waals surface area contributed by atoms with Gasteiger partial charge in [0.1, 0.15) is 19.0 Å². The molecule has 0 aliphatic heterocycles. The zero-order valence-corrected chi connectivity index (χ0v) is 37.3. The molecule has 0 bridgehead atoms. The van der Waals surface area contributed by atoms with E-state index in [0.29, 0.717) is 12.8 Å². The molecule has 0 aromatic heterocycles. The van der Waals surface area contributed by atoms with Crippen molar-refractivity contribution in [3.05, 3.63) is 0 Å². The molecule has 15 nitrogen and oxygen atoms in total. The first-order valence-corrected chi connectivity index (χ1v) is 23.8. The van der Waals surface area contributed by atoms with E-state index >= 15 is 0 Å². The fraction of sp³-hybridized carbons (Fsp3) is 0.860. The lowest BCUT2D eigenvalue weighted by molar-refractivity contribution is -0.162. The molecule has 2 N–H and O–H groups in total. The van der Waals surface area contributed by atoms with Gasteiger partial charge in [0.25, 0.3) is 0 Å². The normalized spacial score (nSPS) is 13.2. The minimum atomic E-state index is -4.92. The average molecular weight is 865 g/mol. The van der Waals surface area contributed by atoms with E-state index in [0.717, 1.165) is 44.9 Å². The Morgan fingerprint density at radius 1 is 0.441 bits per heavy atom. The summed E-state index contributed by atoms with van der Waals surface area (Å²) in [5.41, 5.74) is 0. The molecule has 0 aromatic rings. The van der Waals surface area contributed by atoms with Crippen molar-refractivity contribution in [3.8, 4) is 0 Å². The second kappa shape index (κ2) is 38.1. The number of hydrogen-bond acceptors (Lipinski definition) is 13. The Labute approximate surface area is 353 Å². The number of carbonyl (C=O) groups is 6. The number of phosphoric acid groups is 1. The van der Waals surface area contributed by atoms with E-state index < -0.39 is 89.1 Å². The fourth-order valence-electron chi connectivity index (χ4n) is 5.98. The molecule has 16 heteroatoms. The number of aliphatic carboxylic acids is 1. The molecule has 3 atom stereocenters. The quantitative estimate of drug-likeness (QED) is 0.0253. The number of carboxylic acid groups (broad SMARTS) is 1. The zero-order chi connectivity index (χ0) is 44.0. The molecule has 0 heterocycles. The third kappa shape index (κ3) is 39.0. The van der Waals surface area contributed by atoms with Gasteiger partial charge >= 0.3 is 37.7 Å². The highest BCUT2D eigenvalue weighted by Gasteiger charge is 2.29. The van der Waals surface area contributed by atoms with Crippen LogP contribution in [0.3, 0.4) is 0 Å². The van der Waals surface area contributed by atoms with Crippen molar-refractivity contribution in [2.24, 2.45) is 0 Å². The Morgan fingerprint density at radius 2 is 0.763 bits per heavy atom. The number of carboxylic acids is 1. The van der Waals surface area contributed by atoms with Gasteiger partial charge in [0.2, 0.25) is 0 Å². The smallest absolute Gasteiger partial charge is 0.472 e. The molecule has 0 aliphatic carbocycles. The highest BCUT2D eigenvalue weighted by molar-refractivity contribution is 7.47. The lowest BCUT2D eigenvalue weighted by Crippen LogP contribution is -2.31. The van der Waals surface area contributed by atoms with Gasteiger partial charge in [-0.15, -0.1) is 0 Å². The van der Waals surface area contributed by atoms with Crippen LogP contribution in [-0.2, 0) is 61.3 Å². The molecular weight excluding hydrogens is 787 g/mol. The van der Waals surface area contributed by atoms with Crippen LogP contribution in [0.4, 0.5) is 0 Å². The van der Waals surface area contributed by atoms with Gasteiger partial charge in [-0.2, -0.15) is 0 Å². The maximum atomic E-state index is 12.9. The van der Waals surface area contributed by atoms with Crippen molar-refractivity contribution >= 4 is 43.5 Å². The van der Waals surface area contributed by atoms with E-state index in [1.807, 2.05) is 0 Å². The Hall–Kier alpha value is -2.87. The molecule has 0 fully saturated rings. The van der Waals surface area contributed by atoms with E-state index in [9.17, 15) is 38.2 Å². The predicted molar refractivity (Wildman–Crippen MR) is 222 cm³/mol. The fourth-order valence-corrected chi connectivity index (χ4v) is 6.77. The first-order valence-electron chi connectivity index (χ1n) is 22.3. The lowest BCUT2D eigenvalue weighted by Gasteiger charge is -2.22. The Balaban J connectivity index is 5.12. The number of rotatable bonds is 42. The van der Waals surface area contributed by atoms with Crippen LogP contribution < -0.4 is 0 Å². The van der Waals surface area contributed by atoms with E-state index in [4.69, 9.17) is 33.1 Å². The highest BCUT2D eigenvalue weighted by Crippen LogP contribution is 2.43. The summed E-state index contributed by atoms with van der Waals surface area (Å²) in [6, 6.07) is 0. The van der Waals surface area contributed by atoms with E-state index in [1.165, 1.54) is 90.4 Å². The van der Waals surface area contributed by atoms with Gasteiger partial charge in [0.15, 0.2) is 12.2 Å². The molecule has 0 rings (SSSR count). The van der Waals surface area contributed by atoms with Crippen molar-refractivity contribution in [1.29, 1.82) is 0 Å². The number of phosphoric ester groups is 1. The van der Waals surface area contributed by atoms with Crippen LogP contribution >= 0.6 is 7.82 Å². The largest absolute Gasteiger partial charge is 0.481 e. The van der Waals surface area contributed by atoms with E-state index in [1.54, 1.807) is 0 Å². The summed E-state index contributed by atoms with van der Waals surface area (Å²) < 4.78 is 44.0. The third-order valence-corrected chi connectivity index (χ3v) is 10.4. The second-order valence-corrected chi connectivity index (χ2v) is 16.8. The average Bonchev–Trinajstić information content (AvgIpc) is 3.19. The van der Waals surface area contributed by atoms with Gasteiger partial charge in [0.05, 0.1) is 32.5 Å². The number of Topliss-reactive ketones (excluding diaryl/α,β-unsaturated/α-hetero) is 1. The summed E-state index contributed by atoms with van der Waals surface area (Å²) in [5, 5.41) is 8.79. The van der Waals surface area contributed by atoms with Crippen LogP contribution in [0.15, 0.2) is 0 Å². The summed E-state index contributed by atoms with van der Waals surface area (Å²) in [4.78, 5) is 82.0. The summed E-state index contributed by atoms with van der Waals surface area (Å²) in [6.07, 6.45) is 20.8. The lowest BCUT2D eigenvalue weighted by atomic mass is 10.1. The minimum Gasteiger partial charge on any atom is -0.481 e. The zero-order valence-electron chi connectivity index (χ0n) is 36.4. The maximum absolute atomic E-state index is 12.9. The van der Waals surface area contributed by atoms with Crippen LogP contribution in [0.2, 0.25) is 0 Å². The Morgan fingerprint density at radius 3 is 1.14 bits per heavy atom. The number of ether oxygens (including phenoxy) is 4. The topological polar surface area (TPSA) is 215 Å². The van der Waals surface area contributed by atoms with E-state index in [-0.39, 0.29) is 31.5 Å². The number of ketones is 1. The predicted octanol–water partition coefficient (Wildman–Crippen LogP) is 9.67. The molecule has 0 saturated heterocycles. The van der Waals surface area contributed by atoms with Gasteiger partial charge in [0, 0.05) is 19.3 Å². The maximum Gasteiger partial charge on any atom is 0.472 e. The van der Waals surface area contributed by atoms with Crippen molar-refractivity contribution < 1.29 is 71.3 Å². The van der Waals surface area contributed by atoms with Crippen molar-refractivity contribution in [3.63, 3.8) is 0 Å². The standard InChI is InChI=1S/C43H77O15P/c1-4-6-8-10-12-14-16-18-20-22-24-26-40(47)53-32-37(57-42(49)27-25-23-21-19-17-15-13-11-9-7-5-2)34-55-59(51,52)56-35-38(58-43(50)30-28-36(3)44)33-54-41(48)31-29-39(45)46/h37-38H,4-35H2,1-3H3,(H,45,46)(H,51,52)/t37-,38?/m1/s1. The van der Waals surface area contributed by atoms with Gasteiger partial charge in [-0.25, -0.2) is 4.57 Å². The van der Waals surface area contributed by atoms with Gasteiger partial charge < -0.3 is 33.7 Å². The van der Waals surface area contributed by atoms with Gasteiger partial charge in [-0.3, -0.25) is 33.0 Å². The second-order valence-electron chi connectivity index (χ2n) is 15.3. The highest BCUT2D eigenvalue weighted by atomic mass is 31.2. The summed E-state index contributed by atoms with van der Waals surface area (Å²) in [5.74, 6) is -4.37. The van der Waals surface area contributed by atoms with Crippen molar-refractivity contribution in [2.45, 2.75) is 213 Å². The molecule has 0 aliphatic rings. The molecule has 59 heavy (non-hydrogen) atoms. The van der Waals surface area contributed by atoms with Crippen LogP contribution in [0.25, 0.3) is 0 Å². The Kier molecular flexibility index (Phi) is 36.2. The number of hydrogen-bond donors (Lipinski definition) is 2. The monoisotopic (exact) mass is 865 g/mol. The van der Waals surface area contributed by atoms with Gasteiger partial charge in [-0.05, 0) is 19.8 Å². The molecule has 2 unspecified atom stereocenters. The molecule has 0 radical (unpaired) electrons. The van der Waals surface area contributed by atoms with Crippen LogP contribution in [0.1, 0.15) is 201 Å². The molecular formula is C43H77O15P. The summed E-state index contributed by atoms with van der Waals surface area (Å²) in [6.45, 7) is 3.17. The molecule has 344 valence electrons. The molecule has 0 amide bonds. The van der Waals surface area contributed by atoms with Crippen molar-refractivity contribution in [2.75, 3.05) is 26.4 Å². The number of unbranched alkanes of at least 4 members (excludes halogenated alkanes) is 20. The molecule has 0 spiro atoms. The first kappa shape index (κ1) is 56.1. The minimum absolute atomic E-state index is 0.106. The number of carbonyl (C=O) groups excluding carboxylic acids is 5. The summed E-state index contributed by atoms with van der Waals surface area (Å²) >= 11 is 0. The SMILES string of the molecule is CCCCCCCCCCCCCC(=O)OC[C@H](COP(=O)(O)OCC(COC(=O)CCC(=O)O)OC(=O)CCC(C)=O)OC(=O)CCCCCCCCCCCCC.